The summed E-state index contributed by atoms with van der Waals surface area (Å²) >= 11 is 0. The predicted octanol–water partition coefficient (Wildman–Crippen LogP) is 2.24. The Morgan fingerprint density at radius 2 is 1.96 bits per heavy atom. The molecule has 142 valence electrons. The van der Waals surface area contributed by atoms with E-state index in [1.54, 1.807) is 0 Å². The average Bonchev–Trinajstić information content (AvgIpc) is 3.12. The first-order valence-corrected chi connectivity index (χ1v) is 9.00. The first kappa shape index (κ1) is 18.6. The van der Waals surface area contributed by atoms with Gasteiger partial charge in [0.15, 0.2) is 0 Å². The maximum atomic E-state index is 13.3. The number of nitrogens with zero attached hydrogens (tertiary/aromatic N) is 2. The van der Waals surface area contributed by atoms with Crippen molar-refractivity contribution in [3.8, 4) is 0 Å². The summed E-state index contributed by atoms with van der Waals surface area (Å²) in [7, 11) is -4.67. The van der Waals surface area contributed by atoms with Gasteiger partial charge in [-0.25, -0.2) is 8.42 Å². The van der Waals surface area contributed by atoms with Crippen molar-refractivity contribution < 1.29 is 36.4 Å². The van der Waals surface area contributed by atoms with Crippen molar-refractivity contribution in [2.75, 3.05) is 0 Å². The van der Waals surface area contributed by atoms with E-state index in [0.717, 1.165) is 4.31 Å². The molecule has 0 spiro atoms. The number of fused-ring (bicyclic) bond motifs is 2. The van der Waals surface area contributed by atoms with Crippen LogP contribution in [0.4, 0.5) is 18.9 Å². The molecule has 2 aliphatic rings. The van der Waals surface area contributed by atoms with Crippen molar-refractivity contribution in [2.24, 2.45) is 5.92 Å². The van der Waals surface area contributed by atoms with E-state index in [-0.39, 0.29) is 18.9 Å². The molecular weight excluding hydrogens is 381 g/mol. The van der Waals surface area contributed by atoms with E-state index in [1.807, 2.05) is 0 Å². The number of carbonyl (C=O) groups is 1. The summed E-state index contributed by atoms with van der Waals surface area (Å²) in [4.78, 5) is 19.9. The number of carboxylic acids is 1. The largest absolute Gasteiger partial charge is 0.481 e. The molecular formula is C14H13F3N2O6S. The molecule has 2 aliphatic heterocycles. The van der Waals surface area contributed by atoms with Crippen LogP contribution in [0, 0.1) is 16.0 Å². The summed E-state index contributed by atoms with van der Waals surface area (Å²) in [6, 6.07) is -0.181. The second-order valence-electron chi connectivity index (χ2n) is 6.25. The van der Waals surface area contributed by atoms with E-state index in [2.05, 4.69) is 0 Å². The number of hydrogen-bond acceptors (Lipinski definition) is 5. The molecule has 0 aromatic heterocycles. The van der Waals surface area contributed by atoms with Gasteiger partial charge in [0.2, 0.25) is 10.0 Å². The van der Waals surface area contributed by atoms with Gasteiger partial charge < -0.3 is 5.11 Å². The number of non-ortho nitro benzene ring substituents is 1. The summed E-state index contributed by atoms with van der Waals surface area (Å²) in [6.07, 6.45) is -4.48. The van der Waals surface area contributed by atoms with E-state index in [1.165, 1.54) is 0 Å². The Kier molecular flexibility index (Phi) is 4.22. The summed E-state index contributed by atoms with van der Waals surface area (Å²) in [6.45, 7) is 0. The van der Waals surface area contributed by atoms with Crippen LogP contribution in [0.3, 0.4) is 0 Å². The Bertz CT molecular complexity index is 885. The molecule has 3 atom stereocenters. The lowest BCUT2D eigenvalue weighted by molar-refractivity contribution is -0.385. The first-order valence-electron chi connectivity index (χ1n) is 7.56. The van der Waals surface area contributed by atoms with Crippen LogP contribution in [-0.2, 0) is 21.0 Å². The zero-order valence-corrected chi connectivity index (χ0v) is 13.8. The van der Waals surface area contributed by atoms with Crippen LogP contribution < -0.4 is 0 Å². The van der Waals surface area contributed by atoms with Gasteiger partial charge in [-0.3, -0.25) is 14.9 Å². The minimum Gasteiger partial charge on any atom is -0.481 e. The highest BCUT2D eigenvalue weighted by Crippen LogP contribution is 2.47. The molecule has 12 heteroatoms. The highest BCUT2D eigenvalue weighted by atomic mass is 32.2. The van der Waals surface area contributed by atoms with Gasteiger partial charge in [0, 0.05) is 24.2 Å². The number of benzene rings is 1. The van der Waals surface area contributed by atoms with Gasteiger partial charge >= 0.3 is 12.1 Å². The highest BCUT2D eigenvalue weighted by molar-refractivity contribution is 7.89. The normalized spacial score (nSPS) is 26.2. The molecule has 3 unspecified atom stereocenters. The Balaban J connectivity index is 2.11. The van der Waals surface area contributed by atoms with Crippen LogP contribution in [0.15, 0.2) is 23.1 Å². The van der Waals surface area contributed by atoms with E-state index >= 15 is 0 Å². The topological polar surface area (TPSA) is 118 Å². The Hall–Kier alpha value is -2.21. The number of halogens is 3. The zero-order chi connectivity index (χ0) is 19.4. The molecule has 0 amide bonds. The molecule has 2 fully saturated rings. The Morgan fingerprint density at radius 1 is 1.31 bits per heavy atom. The predicted molar refractivity (Wildman–Crippen MR) is 79.7 cm³/mol. The zero-order valence-electron chi connectivity index (χ0n) is 13.0. The van der Waals surface area contributed by atoms with Crippen molar-refractivity contribution in [3.63, 3.8) is 0 Å². The average molecular weight is 394 g/mol. The summed E-state index contributed by atoms with van der Waals surface area (Å²) in [5, 5.41) is 19.9. The summed E-state index contributed by atoms with van der Waals surface area (Å²) in [5.74, 6) is -2.17. The third-order valence-corrected chi connectivity index (χ3v) is 6.86. The van der Waals surface area contributed by atoms with Gasteiger partial charge in [0.1, 0.15) is 0 Å². The maximum absolute atomic E-state index is 13.3. The number of nitro benzene ring substituents is 1. The van der Waals surface area contributed by atoms with Crippen molar-refractivity contribution in [1.82, 2.24) is 4.31 Å². The fourth-order valence-corrected chi connectivity index (χ4v) is 5.88. The molecule has 2 bridgehead atoms. The molecule has 2 heterocycles. The van der Waals surface area contributed by atoms with Gasteiger partial charge in [-0.1, -0.05) is 0 Å². The van der Waals surface area contributed by atoms with E-state index in [4.69, 9.17) is 0 Å². The lowest BCUT2D eigenvalue weighted by Crippen LogP contribution is -2.38. The van der Waals surface area contributed by atoms with Crippen LogP contribution in [-0.4, -0.2) is 40.8 Å². The fourth-order valence-electron chi connectivity index (χ4n) is 3.77. The molecule has 1 aromatic rings. The van der Waals surface area contributed by atoms with Gasteiger partial charge in [0.05, 0.1) is 21.3 Å². The minimum absolute atomic E-state index is 0.0353. The number of nitro groups is 1. The molecule has 1 N–H and O–H groups in total. The third-order valence-electron chi connectivity index (χ3n) is 4.82. The number of rotatable bonds is 4. The van der Waals surface area contributed by atoms with Crippen LogP contribution in [0.25, 0.3) is 0 Å². The molecule has 3 rings (SSSR count). The first-order chi connectivity index (χ1) is 11.9. The number of hydrogen-bond donors (Lipinski definition) is 1. The lowest BCUT2D eigenvalue weighted by Gasteiger charge is -2.24. The lowest BCUT2D eigenvalue weighted by atomic mass is 9.89. The summed E-state index contributed by atoms with van der Waals surface area (Å²) < 4.78 is 66.6. The van der Waals surface area contributed by atoms with Crippen molar-refractivity contribution in [2.45, 2.75) is 42.4 Å². The van der Waals surface area contributed by atoms with Gasteiger partial charge in [-0.05, 0) is 25.3 Å². The SMILES string of the molecule is O=C(O)C1CC2CCC1N2S(=O)(=O)c1ccc([N+](=O)[O-])cc1C(F)(F)F. The molecule has 8 nitrogen and oxygen atoms in total. The molecule has 0 radical (unpaired) electrons. The van der Waals surface area contributed by atoms with Crippen molar-refractivity contribution >= 4 is 21.7 Å². The molecule has 0 saturated carbocycles. The standard InChI is InChI=1S/C14H13F3N2O6S/c15-14(16,17)10-6-8(19(22)23)2-4-12(10)26(24,25)18-7-1-3-11(18)9(5-7)13(20)21/h2,4,6-7,9,11H,1,3,5H2,(H,20,21). The fraction of sp³-hybridized carbons (Fsp3) is 0.500. The quantitative estimate of drug-likeness (QED) is 0.618. The van der Waals surface area contributed by atoms with Crippen LogP contribution in [0.5, 0.6) is 0 Å². The molecule has 0 aliphatic carbocycles. The summed E-state index contributed by atoms with van der Waals surface area (Å²) in [5.41, 5.74) is -2.52. The Morgan fingerprint density at radius 3 is 2.46 bits per heavy atom. The number of alkyl halides is 3. The maximum Gasteiger partial charge on any atom is 0.417 e. The Labute approximate surface area is 145 Å². The second kappa shape index (κ2) is 5.91. The second-order valence-corrected chi connectivity index (χ2v) is 8.06. The van der Waals surface area contributed by atoms with E-state index in [0.29, 0.717) is 18.6 Å². The molecule has 2 saturated heterocycles. The van der Waals surface area contributed by atoms with Gasteiger partial charge in [-0.2, -0.15) is 17.5 Å². The monoisotopic (exact) mass is 394 g/mol. The van der Waals surface area contributed by atoms with E-state index < -0.39 is 61.2 Å². The highest BCUT2D eigenvalue weighted by Gasteiger charge is 2.55. The number of aliphatic carboxylic acids is 1. The smallest absolute Gasteiger partial charge is 0.417 e. The van der Waals surface area contributed by atoms with Gasteiger partial charge in [-0.15, -0.1) is 0 Å². The number of sulfonamides is 1. The third kappa shape index (κ3) is 2.82. The molecule has 26 heavy (non-hydrogen) atoms. The minimum atomic E-state index is -5.13. The van der Waals surface area contributed by atoms with E-state index in [9.17, 15) is 41.6 Å². The van der Waals surface area contributed by atoms with Crippen molar-refractivity contribution in [1.29, 1.82) is 0 Å². The van der Waals surface area contributed by atoms with Crippen LogP contribution in [0.1, 0.15) is 24.8 Å². The van der Waals surface area contributed by atoms with Crippen LogP contribution in [0.2, 0.25) is 0 Å². The molecule has 1 aromatic carbocycles. The number of carboxylic acid groups (broad SMARTS) is 1. The van der Waals surface area contributed by atoms with Crippen molar-refractivity contribution in [3.05, 3.63) is 33.9 Å². The van der Waals surface area contributed by atoms with Gasteiger partial charge in [0.25, 0.3) is 5.69 Å². The van der Waals surface area contributed by atoms with Crippen LogP contribution >= 0.6 is 0 Å².